The van der Waals surface area contributed by atoms with Crippen LogP contribution in [0.25, 0.3) is 0 Å². The van der Waals surface area contributed by atoms with Gasteiger partial charge in [0.05, 0.1) is 8.80 Å². The molecule has 0 saturated carbocycles. The van der Waals surface area contributed by atoms with Crippen LogP contribution in [0.3, 0.4) is 0 Å². The smallest absolute Gasteiger partial charge is 0.0725 e. The van der Waals surface area contributed by atoms with Gasteiger partial charge >= 0.3 is 0 Å². The molecular weight excluding hydrogens is 177 g/mol. The van der Waals surface area contributed by atoms with Crippen LogP contribution in [0.1, 0.15) is 6.92 Å². The summed E-state index contributed by atoms with van der Waals surface area (Å²) in [5.41, 5.74) is 0. The predicted molar refractivity (Wildman–Crippen MR) is 32.3 cm³/mol. The fourth-order valence-corrected chi connectivity index (χ4v) is 0. The fourth-order valence-electron chi connectivity index (χ4n) is 0. The zero-order valence-electron chi connectivity index (χ0n) is 5.28. The fraction of sp³-hybridized carbons (Fsp3) is 0.600. The summed E-state index contributed by atoms with van der Waals surface area (Å²) in [6.45, 7) is 10.4. The Morgan fingerprint density at radius 1 is 1.43 bits per heavy atom. The largest absolute Gasteiger partial charge is 0.104 e. The van der Waals surface area contributed by atoms with Crippen LogP contribution >= 0.6 is 0 Å². The van der Waals surface area contributed by atoms with Crippen molar-refractivity contribution >= 4 is 8.80 Å². The summed E-state index contributed by atoms with van der Waals surface area (Å²) in [4.78, 5) is 0. The second-order valence-corrected chi connectivity index (χ2v) is 4.63. The summed E-state index contributed by atoms with van der Waals surface area (Å²) >= 11 is 0. The Balaban J connectivity index is 0. The van der Waals surface area contributed by atoms with Crippen LogP contribution in [0, 0.1) is 0 Å². The molecule has 0 aromatic rings. The second kappa shape index (κ2) is 5.20. The number of hydrogen-bond donors (Lipinski definition) is 0. The van der Waals surface area contributed by atoms with E-state index in [9.17, 15) is 0 Å². The number of allylic oxidation sites excluding steroid dienone is 1. The maximum Gasteiger partial charge on any atom is 0.0725 e. The Bertz CT molecular complexity index is 59.1. The summed E-state index contributed by atoms with van der Waals surface area (Å²) in [6, 6.07) is 0. The van der Waals surface area contributed by atoms with Crippen LogP contribution in [0.15, 0.2) is 11.8 Å². The first kappa shape index (κ1) is 10.9. The van der Waals surface area contributed by atoms with E-state index >= 15 is 0 Å². The Kier molecular flexibility index (Phi) is 8.13. The predicted octanol–water partition coefficient (Wildman–Crippen LogP) is 1.85. The summed E-state index contributed by atoms with van der Waals surface area (Å²) in [6.07, 6.45) is 0. The van der Waals surface area contributed by atoms with Crippen LogP contribution in [-0.2, 0) is 32.7 Å². The SMILES string of the molecule is C=C(C)[Si](C)C.[Y]. The van der Waals surface area contributed by atoms with Gasteiger partial charge in [0.25, 0.3) is 0 Å². The minimum atomic E-state index is -0.146. The molecule has 0 unspecified atom stereocenters. The molecule has 0 saturated heterocycles. The van der Waals surface area contributed by atoms with E-state index in [1.807, 2.05) is 0 Å². The molecule has 0 heterocycles. The molecule has 0 N–H and O–H groups in total. The maximum atomic E-state index is 3.80. The third kappa shape index (κ3) is 7.06. The molecule has 2 heteroatoms. The van der Waals surface area contributed by atoms with E-state index in [1.54, 1.807) is 0 Å². The first-order valence-corrected chi connectivity index (χ1v) is 4.60. The summed E-state index contributed by atoms with van der Waals surface area (Å²) in [5, 5.41) is 1.36. The van der Waals surface area contributed by atoms with Crippen molar-refractivity contribution < 1.29 is 32.7 Å². The molecule has 38 valence electrons. The molecule has 0 aliphatic carbocycles. The van der Waals surface area contributed by atoms with Gasteiger partial charge in [-0.25, -0.2) is 0 Å². The molecule has 0 amide bonds. The zero-order valence-corrected chi connectivity index (χ0v) is 9.12. The zero-order chi connectivity index (χ0) is 5.15. The molecule has 0 rings (SSSR count). The molecule has 0 aliphatic heterocycles. The van der Waals surface area contributed by atoms with Crippen molar-refractivity contribution in [3.63, 3.8) is 0 Å². The first-order valence-electron chi connectivity index (χ1n) is 2.10. The first-order chi connectivity index (χ1) is 2.64. The van der Waals surface area contributed by atoms with Crippen molar-refractivity contribution in [2.75, 3.05) is 0 Å². The minimum absolute atomic E-state index is 0. The molecule has 0 atom stereocenters. The Labute approximate surface area is 72.9 Å². The van der Waals surface area contributed by atoms with Gasteiger partial charge < -0.3 is 0 Å². The maximum absolute atomic E-state index is 3.80. The second-order valence-electron chi connectivity index (χ2n) is 1.78. The van der Waals surface area contributed by atoms with Gasteiger partial charge in [-0.1, -0.05) is 18.3 Å². The standard InChI is InChI=1S/C5H11Si.Y/c1-5(2)6(3)4;/h1H2,2-4H3;. The van der Waals surface area contributed by atoms with E-state index < -0.39 is 0 Å². The van der Waals surface area contributed by atoms with Crippen LogP contribution in [0.2, 0.25) is 13.1 Å². The van der Waals surface area contributed by atoms with E-state index in [0.717, 1.165) is 0 Å². The van der Waals surface area contributed by atoms with Gasteiger partial charge in [-0.3, -0.25) is 0 Å². The summed E-state index contributed by atoms with van der Waals surface area (Å²) in [5.74, 6) is 0. The van der Waals surface area contributed by atoms with Gasteiger partial charge in [0.15, 0.2) is 0 Å². The minimum Gasteiger partial charge on any atom is -0.104 e. The van der Waals surface area contributed by atoms with E-state index in [2.05, 4.69) is 26.6 Å². The van der Waals surface area contributed by atoms with E-state index in [1.165, 1.54) is 5.20 Å². The van der Waals surface area contributed by atoms with Gasteiger partial charge in [-0.2, -0.15) is 0 Å². The van der Waals surface area contributed by atoms with Crippen molar-refractivity contribution in [1.29, 1.82) is 0 Å². The van der Waals surface area contributed by atoms with Crippen molar-refractivity contribution in [3.05, 3.63) is 11.8 Å². The molecule has 2 radical (unpaired) electrons. The average Bonchev–Trinajstić information content (AvgIpc) is 1.36. The third-order valence-electron chi connectivity index (χ3n) is 0.854. The quantitative estimate of drug-likeness (QED) is 0.551. The molecule has 7 heavy (non-hydrogen) atoms. The van der Waals surface area contributed by atoms with Crippen LogP contribution < -0.4 is 0 Å². The van der Waals surface area contributed by atoms with E-state index in [-0.39, 0.29) is 41.5 Å². The average molecular weight is 188 g/mol. The molecule has 0 fully saturated rings. The van der Waals surface area contributed by atoms with Crippen LogP contribution in [0.4, 0.5) is 0 Å². The molecule has 0 aromatic heterocycles. The van der Waals surface area contributed by atoms with Crippen LogP contribution in [-0.4, -0.2) is 8.80 Å². The van der Waals surface area contributed by atoms with Crippen molar-refractivity contribution in [1.82, 2.24) is 0 Å². The summed E-state index contributed by atoms with van der Waals surface area (Å²) in [7, 11) is -0.146. The molecule has 0 aliphatic rings. The van der Waals surface area contributed by atoms with Gasteiger partial charge in [0, 0.05) is 32.7 Å². The molecule has 0 aromatic carbocycles. The van der Waals surface area contributed by atoms with Gasteiger partial charge in [-0.05, 0) is 6.92 Å². The van der Waals surface area contributed by atoms with Crippen molar-refractivity contribution in [3.8, 4) is 0 Å². The summed E-state index contributed by atoms with van der Waals surface area (Å²) < 4.78 is 0. The van der Waals surface area contributed by atoms with Crippen molar-refractivity contribution in [2.24, 2.45) is 0 Å². The third-order valence-corrected chi connectivity index (χ3v) is 2.56. The normalized spacial score (nSPS) is 8.00. The van der Waals surface area contributed by atoms with Gasteiger partial charge in [-0.15, -0.1) is 6.58 Å². The molecule has 0 spiro atoms. The van der Waals surface area contributed by atoms with Crippen molar-refractivity contribution in [2.45, 2.75) is 20.0 Å². The molecular formula is C5H11SiY. The molecule has 0 nitrogen and oxygen atoms in total. The Hall–Kier alpha value is 1.06. The topological polar surface area (TPSA) is 0 Å². The van der Waals surface area contributed by atoms with Gasteiger partial charge in [0.2, 0.25) is 0 Å². The van der Waals surface area contributed by atoms with Crippen LogP contribution in [0.5, 0.6) is 0 Å². The number of hydrogen-bond acceptors (Lipinski definition) is 0. The van der Waals surface area contributed by atoms with E-state index in [4.69, 9.17) is 0 Å². The van der Waals surface area contributed by atoms with Gasteiger partial charge in [0.1, 0.15) is 0 Å². The monoisotopic (exact) mass is 188 g/mol. The van der Waals surface area contributed by atoms with E-state index in [0.29, 0.717) is 0 Å². The Morgan fingerprint density at radius 2 is 1.57 bits per heavy atom. The molecule has 0 bridgehead atoms. The Morgan fingerprint density at radius 3 is 1.57 bits per heavy atom. The number of rotatable bonds is 1.